The number of benzene rings is 1. The van der Waals surface area contributed by atoms with Gasteiger partial charge in [0.1, 0.15) is 6.61 Å². The number of hydrogen-bond donors (Lipinski definition) is 2. The van der Waals surface area contributed by atoms with Crippen molar-refractivity contribution >= 4 is 38.9 Å². The average Bonchev–Trinajstić information content (AvgIpc) is 3.60. The molecule has 1 fully saturated rings. The highest BCUT2D eigenvalue weighted by atomic mass is 32.1. The number of carbonyl (C=O) groups excluding carboxylic acids is 1. The lowest BCUT2D eigenvalue weighted by Gasteiger charge is -2.18. The van der Waals surface area contributed by atoms with E-state index < -0.39 is 11.5 Å². The number of nitrogens with two attached hydrogens (primary N) is 1. The molecule has 3 aromatic rings. The molecule has 0 spiro atoms. The summed E-state index contributed by atoms with van der Waals surface area (Å²) in [5, 5.41) is 11.0. The zero-order chi connectivity index (χ0) is 27.8. The number of nitrogens with zero attached hydrogens (tertiary/aromatic N) is 4. The van der Waals surface area contributed by atoms with Crippen LogP contribution in [-0.4, -0.2) is 68.4 Å². The smallest absolute Gasteiger partial charge is 0.381 e. The van der Waals surface area contributed by atoms with Crippen LogP contribution in [0.1, 0.15) is 29.0 Å². The summed E-state index contributed by atoms with van der Waals surface area (Å²) in [7, 11) is 3.19. The quantitative estimate of drug-likeness (QED) is 0.183. The van der Waals surface area contributed by atoms with E-state index >= 15 is 0 Å². The highest BCUT2D eigenvalue weighted by Crippen LogP contribution is 2.41. The standard InChI is InChI=1S/C26H30N6O6S/c1-16(9-10-27)28-25-30-31-26(39-25)29-23(33)21-13-19(22(24(34)38-21)37-12-11-35-2)32-14-20(32)18(15-36-3)17-7-5-4-6-8-17/h4-10,13,18,20H,11-12,14-15,27H2,1-3H3,(H,29,31,33)/b10-9-,28-16+/t18-,20?,32?/m0/s1. The summed E-state index contributed by atoms with van der Waals surface area (Å²) in [4.78, 5) is 32.3. The van der Waals surface area contributed by atoms with Crippen molar-refractivity contribution in [2.45, 2.75) is 18.9 Å². The molecular formula is C26H30N6O6S. The van der Waals surface area contributed by atoms with E-state index in [0.29, 0.717) is 29.7 Å². The van der Waals surface area contributed by atoms with Crippen LogP contribution in [0.15, 0.2) is 62.9 Å². The maximum Gasteiger partial charge on any atom is 0.381 e. The number of nitrogens with one attached hydrogen (secondary N) is 1. The molecule has 1 aliphatic heterocycles. The lowest BCUT2D eigenvalue weighted by molar-refractivity contribution is 0.0990. The van der Waals surface area contributed by atoms with Crippen LogP contribution in [0, 0.1) is 0 Å². The molecule has 1 aromatic carbocycles. The van der Waals surface area contributed by atoms with Gasteiger partial charge < -0.3 is 29.3 Å². The van der Waals surface area contributed by atoms with Gasteiger partial charge in [-0.3, -0.25) is 10.1 Å². The number of aromatic nitrogens is 2. The van der Waals surface area contributed by atoms with E-state index in [2.05, 4.69) is 20.5 Å². The summed E-state index contributed by atoms with van der Waals surface area (Å²) in [6.45, 7) is 3.31. The van der Waals surface area contributed by atoms with Gasteiger partial charge in [-0.25, -0.2) is 9.79 Å². The first-order valence-corrected chi connectivity index (χ1v) is 13.0. The third-order valence-corrected chi connectivity index (χ3v) is 6.62. The van der Waals surface area contributed by atoms with E-state index in [1.165, 1.54) is 19.4 Å². The van der Waals surface area contributed by atoms with E-state index in [1.807, 2.05) is 35.2 Å². The minimum Gasteiger partial charge on any atom is -0.483 e. The van der Waals surface area contributed by atoms with E-state index in [9.17, 15) is 9.59 Å². The number of amides is 1. The maximum absolute atomic E-state index is 13.0. The first-order chi connectivity index (χ1) is 18.9. The van der Waals surface area contributed by atoms with Crippen molar-refractivity contribution in [1.29, 1.82) is 0 Å². The minimum absolute atomic E-state index is 0.0197. The molecule has 39 heavy (non-hydrogen) atoms. The van der Waals surface area contributed by atoms with E-state index in [-0.39, 0.29) is 41.8 Å². The molecule has 1 amide bonds. The molecule has 3 N–H and O–H groups in total. The number of anilines is 2. The normalized spacial score (nSPS) is 15.9. The second kappa shape index (κ2) is 13.1. The van der Waals surface area contributed by atoms with Crippen LogP contribution in [0.5, 0.6) is 5.75 Å². The van der Waals surface area contributed by atoms with Crippen LogP contribution in [0.25, 0.3) is 0 Å². The zero-order valence-corrected chi connectivity index (χ0v) is 22.6. The minimum atomic E-state index is -0.769. The van der Waals surface area contributed by atoms with Crippen LogP contribution in [0.3, 0.4) is 0 Å². The van der Waals surface area contributed by atoms with Gasteiger partial charge in [0.15, 0.2) is 5.76 Å². The predicted octanol–water partition coefficient (Wildman–Crippen LogP) is 2.95. The summed E-state index contributed by atoms with van der Waals surface area (Å²) in [6.07, 6.45) is 2.98. The van der Waals surface area contributed by atoms with Crippen molar-refractivity contribution in [2.75, 3.05) is 50.8 Å². The molecule has 2 atom stereocenters. The fourth-order valence-electron chi connectivity index (χ4n) is 4.04. The molecule has 206 valence electrons. The largest absolute Gasteiger partial charge is 0.483 e. The van der Waals surface area contributed by atoms with Gasteiger partial charge in [-0.05, 0) is 24.8 Å². The van der Waals surface area contributed by atoms with Crippen LogP contribution in [0.2, 0.25) is 0 Å². The molecule has 0 bridgehead atoms. The topological polar surface area (TPSA) is 154 Å². The lowest BCUT2D eigenvalue weighted by Crippen LogP contribution is -2.21. The Kier molecular flexibility index (Phi) is 9.41. The summed E-state index contributed by atoms with van der Waals surface area (Å²) in [5.74, 6) is -0.779. The van der Waals surface area contributed by atoms with Crippen molar-refractivity contribution in [1.82, 2.24) is 10.2 Å². The molecule has 13 heteroatoms. The number of ether oxygens (including phenoxy) is 3. The summed E-state index contributed by atoms with van der Waals surface area (Å²) >= 11 is 1.06. The molecule has 2 aromatic heterocycles. The summed E-state index contributed by atoms with van der Waals surface area (Å²) in [5.41, 5.74) is 6.80. The average molecular weight is 555 g/mol. The summed E-state index contributed by atoms with van der Waals surface area (Å²) < 4.78 is 21.6. The second-order valence-corrected chi connectivity index (χ2v) is 9.56. The Morgan fingerprint density at radius 3 is 2.79 bits per heavy atom. The van der Waals surface area contributed by atoms with Gasteiger partial charge in [0.25, 0.3) is 5.91 Å². The number of methoxy groups -OCH3 is 2. The Hall–Kier alpha value is -4.07. The molecule has 1 saturated heterocycles. The number of carbonyl (C=O) groups is 1. The monoisotopic (exact) mass is 554 g/mol. The molecular weight excluding hydrogens is 524 g/mol. The number of rotatable bonds is 13. The Balaban J connectivity index is 1.59. The van der Waals surface area contributed by atoms with Gasteiger partial charge in [-0.2, -0.15) is 0 Å². The number of aliphatic imine (C=N–C) groups is 1. The SMILES string of the molecule is COCCOc1c(N2CC2[C@@H](COC)c2ccccc2)cc(C(=O)Nc2nnc(/N=C(C)/C=C\N)s2)oc1=O. The molecule has 0 radical (unpaired) electrons. The van der Waals surface area contributed by atoms with Crippen LogP contribution in [-0.2, 0) is 9.47 Å². The second-order valence-electron chi connectivity index (χ2n) is 8.60. The van der Waals surface area contributed by atoms with E-state index in [4.69, 9.17) is 24.4 Å². The van der Waals surface area contributed by atoms with Gasteiger partial charge in [-0.15, -0.1) is 10.2 Å². The van der Waals surface area contributed by atoms with Gasteiger partial charge in [0.05, 0.1) is 24.9 Å². The van der Waals surface area contributed by atoms with Gasteiger partial charge in [-0.1, -0.05) is 41.7 Å². The maximum atomic E-state index is 13.0. The predicted molar refractivity (Wildman–Crippen MR) is 149 cm³/mol. The van der Waals surface area contributed by atoms with Crippen molar-refractivity contribution < 1.29 is 23.4 Å². The van der Waals surface area contributed by atoms with Crippen LogP contribution >= 0.6 is 11.3 Å². The van der Waals surface area contributed by atoms with Crippen molar-refractivity contribution in [3.63, 3.8) is 0 Å². The fraction of sp³-hybridized carbons (Fsp3) is 0.346. The third kappa shape index (κ3) is 7.07. The van der Waals surface area contributed by atoms with E-state index in [1.54, 1.807) is 20.1 Å². The number of hydrogen-bond acceptors (Lipinski definition) is 12. The molecule has 0 saturated carbocycles. The highest BCUT2D eigenvalue weighted by Gasteiger charge is 2.44. The van der Waals surface area contributed by atoms with Crippen LogP contribution in [0.4, 0.5) is 16.0 Å². The van der Waals surface area contributed by atoms with Gasteiger partial charge >= 0.3 is 5.63 Å². The Bertz CT molecular complexity index is 1390. The Morgan fingerprint density at radius 2 is 2.08 bits per heavy atom. The zero-order valence-electron chi connectivity index (χ0n) is 21.8. The molecule has 3 heterocycles. The number of allylic oxidation sites excluding steroid dienone is 1. The van der Waals surface area contributed by atoms with Crippen molar-refractivity contribution in [2.24, 2.45) is 10.7 Å². The first-order valence-electron chi connectivity index (χ1n) is 12.1. The molecule has 12 nitrogen and oxygen atoms in total. The van der Waals surface area contributed by atoms with Crippen molar-refractivity contribution in [3.8, 4) is 5.75 Å². The molecule has 4 rings (SSSR count). The fourth-order valence-corrected chi connectivity index (χ4v) is 4.71. The lowest BCUT2D eigenvalue weighted by atomic mass is 9.96. The summed E-state index contributed by atoms with van der Waals surface area (Å²) in [6, 6.07) is 11.5. The van der Waals surface area contributed by atoms with Gasteiger partial charge in [0, 0.05) is 38.5 Å². The Morgan fingerprint density at radius 1 is 1.28 bits per heavy atom. The first kappa shape index (κ1) is 28.0. The third-order valence-electron chi connectivity index (χ3n) is 5.89. The van der Waals surface area contributed by atoms with Crippen LogP contribution < -0.4 is 26.3 Å². The van der Waals surface area contributed by atoms with E-state index in [0.717, 1.165) is 16.9 Å². The van der Waals surface area contributed by atoms with Gasteiger partial charge in [0.2, 0.25) is 16.0 Å². The Labute approximate surface area is 229 Å². The highest BCUT2D eigenvalue weighted by molar-refractivity contribution is 7.18. The molecule has 0 aliphatic carbocycles. The molecule has 1 unspecified atom stereocenters. The van der Waals surface area contributed by atoms with Crippen molar-refractivity contribution in [3.05, 3.63) is 70.4 Å². The molecule has 1 aliphatic rings.